The fraction of sp³-hybridized carbons (Fsp3) is 0.429. The van der Waals surface area contributed by atoms with Crippen LogP contribution in [0.2, 0.25) is 0 Å². The minimum atomic E-state index is -1.23. The van der Waals surface area contributed by atoms with Crippen molar-refractivity contribution >= 4 is 0 Å². The van der Waals surface area contributed by atoms with Crippen molar-refractivity contribution in [3.05, 3.63) is 52.6 Å². The van der Waals surface area contributed by atoms with E-state index in [1.54, 1.807) is 6.92 Å². The lowest BCUT2D eigenvalue weighted by atomic mass is 9.80. The van der Waals surface area contributed by atoms with Gasteiger partial charge in [-0.05, 0) is 61.4 Å². The Morgan fingerprint density at radius 3 is 2.38 bits per heavy atom. The molecule has 0 heterocycles. The van der Waals surface area contributed by atoms with Gasteiger partial charge in [-0.25, -0.2) is 13.2 Å². The molecule has 0 bridgehead atoms. The van der Waals surface area contributed by atoms with Crippen molar-refractivity contribution in [2.24, 2.45) is 5.92 Å². The third-order valence-electron chi connectivity index (χ3n) is 5.05. The maximum absolute atomic E-state index is 14.7. The quantitative estimate of drug-likeness (QED) is 0.571. The van der Waals surface area contributed by atoms with Crippen molar-refractivity contribution in [1.29, 1.82) is 0 Å². The minimum Gasteiger partial charge on any atom is -0.491 e. The highest BCUT2D eigenvalue weighted by atomic mass is 19.2. The lowest BCUT2D eigenvalue weighted by Gasteiger charge is -2.26. The second-order valence-electron chi connectivity index (χ2n) is 6.76. The molecule has 3 rings (SSSR count). The predicted octanol–water partition coefficient (Wildman–Crippen LogP) is 6.21. The van der Waals surface area contributed by atoms with Crippen LogP contribution in [0.15, 0.2) is 18.2 Å². The fourth-order valence-electron chi connectivity index (χ4n) is 3.77. The molecule has 1 unspecified atom stereocenters. The monoisotopic (exact) mass is 366 g/mol. The molecule has 0 fully saturated rings. The van der Waals surface area contributed by atoms with Gasteiger partial charge in [0, 0.05) is 11.1 Å². The molecule has 140 valence electrons. The first-order chi connectivity index (χ1) is 12.5. The van der Waals surface area contributed by atoms with Gasteiger partial charge >= 0.3 is 0 Å². The van der Waals surface area contributed by atoms with Crippen LogP contribution in [-0.2, 0) is 12.8 Å². The molecule has 0 amide bonds. The Labute approximate surface area is 151 Å². The maximum Gasteiger partial charge on any atom is 0.201 e. The number of rotatable bonds is 5. The predicted molar refractivity (Wildman–Crippen MR) is 93.3 cm³/mol. The Morgan fingerprint density at radius 2 is 1.69 bits per heavy atom. The van der Waals surface area contributed by atoms with E-state index >= 15 is 0 Å². The topological polar surface area (TPSA) is 9.23 Å². The van der Waals surface area contributed by atoms with Crippen LogP contribution in [0.25, 0.3) is 11.1 Å². The van der Waals surface area contributed by atoms with Gasteiger partial charge in [-0.3, -0.25) is 0 Å². The molecule has 1 nitrogen and oxygen atoms in total. The van der Waals surface area contributed by atoms with Crippen molar-refractivity contribution in [3.8, 4) is 16.9 Å². The van der Waals surface area contributed by atoms with Crippen molar-refractivity contribution in [1.82, 2.24) is 0 Å². The summed E-state index contributed by atoms with van der Waals surface area (Å²) in [5.41, 5.74) is 0.526. The van der Waals surface area contributed by atoms with Crippen LogP contribution in [0.1, 0.15) is 44.2 Å². The fourth-order valence-corrected chi connectivity index (χ4v) is 3.77. The molecule has 0 spiro atoms. The molecule has 2 aromatic rings. The average Bonchev–Trinajstić information content (AvgIpc) is 2.63. The highest BCUT2D eigenvalue weighted by Gasteiger charge is 2.27. The molecule has 5 heteroatoms. The zero-order chi connectivity index (χ0) is 18.8. The lowest BCUT2D eigenvalue weighted by Crippen LogP contribution is -2.17. The first-order valence-corrected chi connectivity index (χ1v) is 9.08. The molecule has 0 aromatic heterocycles. The third-order valence-corrected chi connectivity index (χ3v) is 5.05. The molecule has 0 aliphatic heterocycles. The van der Waals surface area contributed by atoms with E-state index in [2.05, 4.69) is 6.92 Å². The molecule has 0 saturated carbocycles. The Morgan fingerprint density at radius 1 is 0.962 bits per heavy atom. The first kappa shape index (κ1) is 18.7. The zero-order valence-corrected chi connectivity index (χ0v) is 15.0. The van der Waals surface area contributed by atoms with Crippen molar-refractivity contribution in [2.45, 2.75) is 46.0 Å². The van der Waals surface area contributed by atoms with E-state index in [0.29, 0.717) is 29.9 Å². The van der Waals surface area contributed by atoms with Gasteiger partial charge in [0.25, 0.3) is 0 Å². The van der Waals surface area contributed by atoms with Crippen LogP contribution in [0.5, 0.6) is 5.75 Å². The summed E-state index contributed by atoms with van der Waals surface area (Å²) in [6.07, 6.45) is 3.98. The van der Waals surface area contributed by atoms with Crippen LogP contribution in [-0.4, -0.2) is 6.61 Å². The molecule has 1 aliphatic rings. The van der Waals surface area contributed by atoms with E-state index in [1.165, 1.54) is 18.2 Å². The Balaban J connectivity index is 2.06. The highest BCUT2D eigenvalue weighted by molar-refractivity contribution is 5.68. The smallest absolute Gasteiger partial charge is 0.201 e. The molecular formula is C21H22F4O. The summed E-state index contributed by atoms with van der Waals surface area (Å²) >= 11 is 0. The number of ether oxygens (including phenoxy) is 1. The summed E-state index contributed by atoms with van der Waals surface area (Å²) in [6.45, 7) is 3.89. The number of hydrogen-bond acceptors (Lipinski definition) is 1. The second kappa shape index (κ2) is 7.68. The standard InChI is InChI=1S/C21H22F4O/c1-3-5-12-6-7-13-11-16(20(24)19(23)15(13)10-12)14-8-9-17(26-4-2)21(25)18(14)22/h8-9,11-12H,3-7,10H2,1-2H3. The Hall–Kier alpha value is -2.04. The lowest BCUT2D eigenvalue weighted by molar-refractivity contribution is 0.314. The SMILES string of the molecule is CCCC1CCc2cc(-c3ccc(OCC)c(F)c3F)c(F)c(F)c2C1. The van der Waals surface area contributed by atoms with Gasteiger partial charge in [0.1, 0.15) is 0 Å². The molecular weight excluding hydrogens is 344 g/mol. The maximum atomic E-state index is 14.7. The third kappa shape index (κ3) is 3.31. The van der Waals surface area contributed by atoms with E-state index in [4.69, 9.17) is 4.74 Å². The normalized spacial score (nSPS) is 16.5. The highest BCUT2D eigenvalue weighted by Crippen LogP contribution is 2.38. The zero-order valence-electron chi connectivity index (χ0n) is 15.0. The molecule has 0 radical (unpaired) electrons. The number of halogens is 4. The van der Waals surface area contributed by atoms with Gasteiger partial charge in [-0.15, -0.1) is 0 Å². The summed E-state index contributed by atoms with van der Waals surface area (Å²) in [6, 6.07) is 3.94. The number of hydrogen-bond donors (Lipinski definition) is 0. The Bertz CT molecular complexity index is 816. The number of benzene rings is 2. The summed E-state index contributed by atoms with van der Waals surface area (Å²) in [7, 11) is 0. The van der Waals surface area contributed by atoms with Gasteiger partial charge in [0.2, 0.25) is 5.82 Å². The van der Waals surface area contributed by atoms with E-state index in [-0.39, 0.29) is 23.5 Å². The van der Waals surface area contributed by atoms with Gasteiger partial charge < -0.3 is 4.74 Å². The Kier molecular flexibility index (Phi) is 5.54. The first-order valence-electron chi connectivity index (χ1n) is 9.08. The average molecular weight is 366 g/mol. The van der Waals surface area contributed by atoms with Crippen LogP contribution in [0.3, 0.4) is 0 Å². The van der Waals surface area contributed by atoms with Crippen molar-refractivity contribution < 1.29 is 22.3 Å². The van der Waals surface area contributed by atoms with Gasteiger partial charge in [-0.1, -0.05) is 19.8 Å². The molecule has 0 saturated heterocycles. The molecule has 2 aromatic carbocycles. The van der Waals surface area contributed by atoms with Crippen LogP contribution >= 0.6 is 0 Å². The largest absolute Gasteiger partial charge is 0.491 e. The number of fused-ring (bicyclic) bond motifs is 1. The molecule has 26 heavy (non-hydrogen) atoms. The van der Waals surface area contributed by atoms with Crippen molar-refractivity contribution in [3.63, 3.8) is 0 Å². The minimum absolute atomic E-state index is 0.177. The van der Waals surface area contributed by atoms with Crippen LogP contribution in [0, 0.1) is 29.2 Å². The summed E-state index contributed by atoms with van der Waals surface area (Å²) in [5.74, 6) is -4.38. The summed E-state index contributed by atoms with van der Waals surface area (Å²) < 4.78 is 62.9. The number of aryl methyl sites for hydroxylation is 1. The summed E-state index contributed by atoms with van der Waals surface area (Å²) in [4.78, 5) is 0. The molecule has 0 N–H and O–H groups in total. The molecule has 1 aliphatic carbocycles. The van der Waals surface area contributed by atoms with E-state index in [0.717, 1.165) is 19.3 Å². The van der Waals surface area contributed by atoms with E-state index in [1.807, 2.05) is 0 Å². The van der Waals surface area contributed by atoms with Gasteiger partial charge in [0.15, 0.2) is 23.2 Å². The second-order valence-corrected chi connectivity index (χ2v) is 6.76. The van der Waals surface area contributed by atoms with Crippen LogP contribution < -0.4 is 4.74 Å². The molecule has 1 atom stereocenters. The van der Waals surface area contributed by atoms with E-state index in [9.17, 15) is 17.6 Å². The van der Waals surface area contributed by atoms with E-state index < -0.39 is 23.3 Å². The van der Waals surface area contributed by atoms with Gasteiger partial charge in [-0.2, -0.15) is 4.39 Å². The summed E-state index contributed by atoms with van der Waals surface area (Å²) in [5, 5.41) is 0. The van der Waals surface area contributed by atoms with Crippen LogP contribution in [0.4, 0.5) is 17.6 Å². The van der Waals surface area contributed by atoms with Gasteiger partial charge in [0.05, 0.1) is 6.61 Å². The van der Waals surface area contributed by atoms with Crippen molar-refractivity contribution in [2.75, 3.05) is 6.61 Å².